The first-order valence-electron chi connectivity index (χ1n) is 6.04. The van der Waals surface area contributed by atoms with E-state index in [1.807, 2.05) is 30.3 Å². The van der Waals surface area contributed by atoms with Gasteiger partial charge < -0.3 is 5.11 Å². The van der Waals surface area contributed by atoms with E-state index in [1.165, 1.54) is 10.9 Å². The third kappa shape index (κ3) is 2.68. The van der Waals surface area contributed by atoms with Gasteiger partial charge in [-0.2, -0.15) is 0 Å². The molecule has 0 atom stereocenters. The van der Waals surface area contributed by atoms with Crippen LogP contribution in [-0.4, -0.2) is 31.3 Å². The zero-order valence-corrected chi connectivity index (χ0v) is 12.2. The van der Waals surface area contributed by atoms with Gasteiger partial charge in [-0.1, -0.05) is 30.3 Å². The van der Waals surface area contributed by atoms with E-state index < -0.39 is 5.97 Å². The number of carboxylic acids is 1. The molecule has 0 aliphatic carbocycles. The van der Waals surface area contributed by atoms with Crippen molar-refractivity contribution in [1.29, 1.82) is 0 Å². The van der Waals surface area contributed by atoms with Crippen LogP contribution in [0.5, 0.6) is 0 Å². The van der Waals surface area contributed by atoms with Crippen molar-refractivity contribution in [3.63, 3.8) is 0 Å². The number of halogens is 1. The summed E-state index contributed by atoms with van der Waals surface area (Å²) in [6.45, 7) is 0. The molecule has 0 aliphatic heterocycles. The molecular formula is C14H9BrN4O2. The fourth-order valence-electron chi connectivity index (χ4n) is 1.83. The summed E-state index contributed by atoms with van der Waals surface area (Å²) in [5.41, 5.74) is 1.67. The van der Waals surface area contributed by atoms with E-state index in [9.17, 15) is 4.79 Å². The van der Waals surface area contributed by atoms with E-state index >= 15 is 0 Å². The molecule has 104 valence electrons. The van der Waals surface area contributed by atoms with Crippen LogP contribution in [0.4, 0.5) is 0 Å². The maximum Gasteiger partial charge on any atom is 0.336 e. The molecule has 21 heavy (non-hydrogen) atoms. The molecule has 1 N–H and O–H groups in total. The molecule has 0 saturated heterocycles. The average Bonchev–Trinajstić information content (AvgIpc) is 2.97. The van der Waals surface area contributed by atoms with Crippen LogP contribution in [-0.2, 0) is 0 Å². The minimum Gasteiger partial charge on any atom is -0.478 e. The Kier molecular flexibility index (Phi) is 3.49. The Morgan fingerprint density at radius 3 is 2.57 bits per heavy atom. The number of carbonyl (C=O) groups is 1. The standard InChI is InChI=1S/C14H9BrN4O2/c15-12-8-10(6-7-11(12)14(20)21)19-17-13(16-18-19)9-4-2-1-3-5-9/h1-8H,(H,20,21). The predicted molar refractivity (Wildman–Crippen MR) is 79.2 cm³/mol. The number of aromatic carboxylic acids is 1. The molecular weight excluding hydrogens is 336 g/mol. The highest BCUT2D eigenvalue weighted by atomic mass is 79.9. The van der Waals surface area contributed by atoms with Crippen LogP contribution in [0.15, 0.2) is 53.0 Å². The smallest absolute Gasteiger partial charge is 0.336 e. The molecule has 7 heteroatoms. The lowest BCUT2D eigenvalue weighted by molar-refractivity contribution is 0.0696. The Hall–Kier alpha value is -2.54. The molecule has 0 aliphatic rings. The molecule has 0 radical (unpaired) electrons. The van der Waals surface area contributed by atoms with E-state index in [0.29, 0.717) is 16.0 Å². The fourth-order valence-corrected chi connectivity index (χ4v) is 2.36. The van der Waals surface area contributed by atoms with E-state index in [4.69, 9.17) is 5.11 Å². The molecule has 0 fully saturated rings. The SMILES string of the molecule is O=C(O)c1ccc(-n2nnc(-c3ccccc3)n2)cc1Br. The molecule has 0 saturated carbocycles. The maximum absolute atomic E-state index is 11.0. The highest BCUT2D eigenvalue weighted by Crippen LogP contribution is 2.21. The van der Waals surface area contributed by atoms with Crippen LogP contribution in [0.2, 0.25) is 0 Å². The van der Waals surface area contributed by atoms with Crippen molar-refractivity contribution in [3.8, 4) is 17.1 Å². The third-order valence-corrected chi connectivity index (χ3v) is 3.52. The van der Waals surface area contributed by atoms with Crippen molar-refractivity contribution in [2.45, 2.75) is 0 Å². The van der Waals surface area contributed by atoms with Gasteiger partial charge in [-0.3, -0.25) is 0 Å². The molecule has 0 amide bonds. The minimum atomic E-state index is -0.995. The van der Waals surface area contributed by atoms with Gasteiger partial charge in [-0.15, -0.1) is 15.0 Å². The predicted octanol–water partition coefficient (Wildman–Crippen LogP) is 2.79. The zero-order valence-electron chi connectivity index (χ0n) is 10.6. The lowest BCUT2D eigenvalue weighted by atomic mass is 10.2. The number of carboxylic acid groups (broad SMARTS) is 1. The molecule has 3 aromatic rings. The second-order valence-electron chi connectivity index (χ2n) is 4.24. The molecule has 0 bridgehead atoms. The second kappa shape index (κ2) is 5.45. The number of benzene rings is 2. The summed E-state index contributed by atoms with van der Waals surface area (Å²) in [7, 11) is 0. The van der Waals surface area contributed by atoms with E-state index in [-0.39, 0.29) is 5.56 Å². The Morgan fingerprint density at radius 1 is 1.14 bits per heavy atom. The second-order valence-corrected chi connectivity index (χ2v) is 5.09. The summed E-state index contributed by atoms with van der Waals surface area (Å²) >= 11 is 3.23. The molecule has 2 aromatic carbocycles. The van der Waals surface area contributed by atoms with Gasteiger partial charge in [-0.05, 0) is 39.3 Å². The van der Waals surface area contributed by atoms with Crippen LogP contribution in [0.1, 0.15) is 10.4 Å². The van der Waals surface area contributed by atoms with Crippen molar-refractivity contribution in [1.82, 2.24) is 20.2 Å². The average molecular weight is 345 g/mol. The first kappa shape index (κ1) is 13.4. The Bertz CT molecular complexity index is 802. The summed E-state index contributed by atoms with van der Waals surface area (Å²) in [6, 6.07) is 14.3. The fraction of sp³-hybridized carbons (Fsp3) is 0. The van der Waals surface area contributed by atoms with Crippen molar-refractivity contribution in [2.24, 2.45) is 0 Å². The van der Waals surface area contributed by atoms with Crippen LogP contribution >= 0.6 is 15.9 Å². The van der Waals surface area contributed by atoms with E-state index in [0.717, 1.165) is 5.56 Å². The number of hydrogen-bond acceptors (Lipinski definition) is 4. The van der Waals surface area contributed by atoms with Crippen molar-refractivity contribution in [3.05, 3.63) is 58.6 Å². The van der Waals surface area contributed by atoms with Gasteiger partial charge >= 0.3 is 5.97 Å². The van der Waals surface area contributed by atoms with Gasteiger partial charge in [0.1, 0.15) is 0 Å². The zero-order chi connectivity index (χ0) is 14.8. The van der Waals surface area contributed by atoms with Gasteiger partial charge in [0.25, 0.3) is 0 Å². The topological polar surface area (TPSA) is 80.9 Å². The van der Waals surface area contributed by atoms with E-state index in [1.54, 1.807) is 12.1 Å². The normalized spacial score (nSPS) is 10.5. The van der Waals surface area contributed by atoms with Crippen LogP contribution in [0.25, 0.3) is 17.1 Å². The van der Waals surface area contributed by atoms with Gasteiger partial charge in [0.2, 0.25) is 5.82 Å². The van der Waals surface area contributed by atoms with Crippen LogP contribution in [0, 0.1) is 0 Å². The number of aromatic nitrogens is 4. The third-order valence-electron chi connectivity index (χ3n) is 2.86. The maximum atomic E-state index is 11.0. The molecule has 1 heterocycles. The van der Waals surface area contributed by atoms with Crippen molar-refractivity contribution in [2.75, 3.05) is 0 Å². The first-order chi connectivity index (χ1) is 10.1. The van der Waals surface area contributed by atoms with Gasteiger partial charge in [-0.25, -0.2) is 4.79 Å². The monoisotopic (exact) mass is 344 g/mol. The molecule has 6 nitrogen and oxygen atoms in total. The van der Waals surface area contributed by atoms with E-state index in [2.05, 4.69) is 31.3 Å². The molecule has 3 rings (SSSR count). The Morgan fingerprint density at radius 2 is 1.90 bits per heavy atom. The number of tetrazole rings is 1. The van der Waals surface area contributed by atoms with Crippen molar-refractivity contribution < 1.29 is 9.90 Å². The van der Waals surface area contributed by atoms with Crippen molar-refractivity contribution >= 4 is 21.9 Å². The summed E-state index contributed by atoms with van der Waals surface area (Å²) < 4.78 is 0.464. The van der Waals surface area contributed by atoms with Crippen LogP contribution in [0.3, 0.4) is 0 Å². The number of rotatable bonds is 3. The Balaban J connectivity index is 1.97. The van der Waals surface area contributed by atoms with Gasteiger partial charge in [0.15, 0.2) is 0 Å². The van der Waals surface area contributed by atoms with Gasteiger partial charge in [0.05, 0.1) is 11.3 Å². The summed E-state index contributed by atoms with van der Waals surface area (Å²) in [4.78, 5) is 12.3. The molecule has 0 unspecified atom stereocenters. The lowest BCUT2D eigenvalue weighted by Crippen LogP contribution is -2.02. The highest BCUT2D eigenvalue weighted by molar-refractivity contribution is 9.10. The highest BCUT2D eigenvalue weighted by Gasteiger charge is 2.11. The number of nitrogens with zero attached hydrogens (tertiary/aromatic N) is 4. The molecule has 0 spiro atoms. The summed E-state index contributed by atoms with van der Waals surface area (Å²) in [6.07, 6.45) is 0. The quantitative estimate of drug-likeness (QED) is 0.789. The summed E-state index contributed by atoms with van der Waals surface area (Å²) in [5, 5.41) is 21.3. The minimum absolute atomic E-state index is 0.183. The largest absolute Gasteiger partial charge is 0.478 e. The lowest BCUT2D eigenvalue weighted by Gasteiger charge is -2.02. The molecule has 1 aromatic heterocycles. The van der Waals surface area contributed by atoms with Crippen LogP contribution < -0.4 is 0 Å². The summed E-state index contributed by atoms with van der Waals surface area (Å²) in [5.74, 6) is -0.487. The number of hydrogen-bond donors (Lipinski definition) is 1. The first-order valence-corrected chi connectivity index (χ1v) is 6.83. The Labute approximate surface area is 128 Å². The van der Waals surface area contributed by atoms with Gasteiger partial charge in [0, 0.05) is 10.0 Å².